The predicted molar refractivity (Wildman–Crippen MR) is 44.5 cm³/mol. The Hall–Kier alpha value is -1.33. The van der Waals surface area contributed by atoms with Crippen molar-refractivity contribution in [1.82, 2.24) is 0 Å². The highest BCUT2D eigenvalue weighted by molar-refractivity contribution is 5.84. The normalized spacial score (nSPS) is 12.8. The highest BCUT2D eigenvalue weighted by Crippen LogP contribution is 2.14. The number of furan rings is 1. The van der Waals surface area contributed by atoms with Crippen LogP contribution in [-0.2, 0) is 4.74 Å². The molecule has 0 saturated carbocycles. The predicted octanol–water partition coefficient (Wildman–Crippen LogP) is 0.624. The Labute approximate surface area is 75.1 Å². The summed E-state index contributed by atoms with van der Waals surface area (Å²) >= 11 is 0. The molecule has 0 spiro atoms. The van der Waals surface area contributed by atoms with Crippen molar-refractivity contribution in [3.05, 3.63) is 23.7 Å². The first kappa shape index (κ1) is 9.76. The third-order valence-corrected chi connectivity index (χ3v) is 1.55. The second-order valence-electron chi connectivity index (χ2n) is 2.57. The number of rotatable bonds is 4. The van der Waals surface area contributed by atoms with E-state index in [4.69, 9.17) is 20.0 Å². The molecule has 0 aliphatic rings. The van der Waals surface area contributed by atoms with Crippen LogP contribution in [0.3, 0.4) is 0 Å². The van der Waals surface area contributed by atoms with Gasteiger partial charge in [0.1, 0.15) is 5.76 Å². The highest BCUT2D eigenvalue weighted by atomic mass is 16.5. The average Bonchev–Trinajstić information content (AvgIpc) is 2.52. The Morgan fingerprint density at radius 1 is 1.77 bits per heavy atom. The number of carboxylic acid groups (broad SMARTS) is 1. The molecule has 13 heavy (non-hydrogen) atoms. The van der Waals surface area contributed by atoms with Crippen LogP contribution in [-0.4, -0.2) is 24.8 Å². The van der Waals surface area contributed by atoms with Crippen molar-refractivity contribution < 1.29 is 19.1 Å². The van der Waals surface area contributed by atoms with Crippen LogP contribution in [0, 0.1) is 0 Å². The Morgan fingerprint density at radius 2 is 2.46 bits per heavy atom. The second kappa shape index (κ2) is 4.06. The van der Waals surface area contributed by atoms with E-state index in [-0.39, 0.29) is 5.76 Å². The Bertz CT molecular complexity index is 294. The molecule has 1 heterocycles. The van der Waals surface area contributed by atoms with Gasteiger partial charge in [0, 0.05) is 7.11 Å². The largest absolute Gasteiger partial charge is 0.475 e. The van der Waals surface area contributed by atoms with Crippen LogP contribution in [0.25, 0.3) is 0 Å². The van der Waals surface area contributed by atoms with Gasteiger partial charge in [0.2, 0.25) is 5.76 Å². The smallest absolute Gasteiger partial charge is 0.371 e. The maximum atomic E-state index is 10.4. The molecule has 72 valence electrons. The van der Waals surface area contributed by atoms with E-state index in [1.54, 1.807) is 0 Å². The summed E-state index contributed by atoms with van der Waals surface area (Å²) in [6.45, 7) is 0.298. The van der Waals surface area contributed by atoms with Crippen LogP contribution in [0.15, 0.2) is 16.5 Å². The highest BCUT2D eigenvalue weighted by Gasteiger charge is 2.13. The molecule has 0 bridgehead atoms. The minimum Gasteiger partial charge on any atom is -0.475 e. The number of hydrogen-bond donors (Lipinski definition) is 2. The number of nitrogens with two attached hydrogens (primary N) is 1. The van der Waals surface area contributed by atoms with Gasteiger partial charge in [-0.25, -0.2) is 4.79 Å². The molecule has 5 heteroatoms. The zero-order chi connectivity index (χ0) is 9.84. The zero-order valence-electron chi connectivity index (χ0n) is 7.19. The molecule has 1 aromatic rings. The van der Waals surface area contributed by atoms with Gasteiger partial charge in [-0.05, 0) is 12.1 Å². The lowest BCUT2D eigenvalue weighted by molar-refractivity contribution is 0.0658. The van der Waals surface area contributed by atoms with Gasteiger partial charge in [-0.3, -0.25) is 0 Å². The van der Waals surface area contributed by atoms with Crippen LogP contribution in [0.4, 0.5) is 0 Å². The van der Waals surface area contributed by atoms with E-state index in [1.165, 1.54) is 19.2 Å². The summed E-state index contributed by atoms with van der Waals surface area (Å²) in [5, 5.41) is 8.54. The number of carbonyl (C=O) groups is 1. The maximum absolute atomic E-state index is 10.4. The first-order valence-corrected chi connectivity index (χ1v) is 3.72. The van der Waals surface area contributed by atoms with E-state index < -0.39 is 12.0 Å². The van der Waals surface area contributed by atoms with E-state index >= 15 is 0 Å². The van der Waals surface area contributed by atoms with Gasteiger partial charge >= 0.3 is 5.97 Å². The molecule has 1 atom stereocenters. The SMILES string of the molecule is COC[C@H](N)c1ccc(C(=O)O)o1. The zero-order valence-corrected chi connectivity index (χ0v) is 7.19. The first-order valence-electron chi connectivity index (χ1n) is 3.72. The van der Waals surface area contributed by atoms with Crippen molar-refractivity contribution in [3.8, 4) is 0 Å². The Morgan fingerprint density at radius 3 is 2.92 bits per heavy atom. The summed E-state index contributed by atoms with van der Waals surface area (Å²) in [6, 6.07) is 2.48. The molecule has 1 aromatic heterocycles. The summed E-state index contributed by atoms with van der Waals surface area (Å²) in [4.78, 5) is 10.4. The average molecular weight is 185 g/mol. The van der Waals surface area contributed by atoms with Gasteiger partial charge in [0.25, 0.3) is 0 Å². The van der Waals surface area contributed by atoms with Crippen LogP contribution >= 0.6 is 0 Å². The number of aromatic carboxylic acids is 1. The van der Waals surface area contributed by atoms with E-state index in [1.807, 2.05) is 0 Å². The first-order chi connectivity index (χ1) is 6.15. The molecule has 0 unspecified atom stereocenters. The van der Waals surface area contributed by atoms with Crippen molar-refractivity contribution in [3.63, 3.8) is 0 Å². The fraction of sp³-hybridized carbons (Fsp3) is 0.375. The van der Waals surface area contributed by atoms with Gasteiger partial charge in [0.05, 0.1) is 12.6 Å². The van der Waals surface area contributed by atoms with Crippen molar-refractivity contribution >= 4 is 5.97 Å². The van der Waals surface area contributed by atoms with Crippen LogP contribution in [0.2, 0.25) is 0 Å². The number of methoxy groups -OCH3 is 1. The van der Waals surface area contributed by atoms with E-state index in [9.17, 15) is 4.79 Å². The van der Waals surface area contributed by atoms with Gasteiger partial charge in [-0.1, -0.05) is 0 Å². The summed E-state index contributed by atoms with van der Waals surface area (Å²) in [5.74, 6) is -0.795. The van der Waals surface area contributed by atoms with Gasteiger partial charge in [-0.2, -0.15) is 0 Å². The fourth-order valence-corrected chi connectivity index (χ4v) is 0.929. The lowest BCUT2D eigenvalue weighted by atomic mass is 10.2. The molecular formula is C8H11NO4. The summed E-state index contributed by atoms with van der Waals surface area (Å²) in [6.07, 6.45) is 0. The molecule has 3 N–H and O–H groups in total. The molecule has 0 amide bonds. The van der Waals surface area contributed by atoms with Crippen LogP contribution < -0.4 is 5.73 Å². The lowest BCUT2D eigenvalue weighted by Crippen LogP contribution is -2.15. The maximum Gasteiger partial charge on any atom is 0.371 e. The molecule has 5 nitrogen and oxygen atoms in total. The number of carboxylic acids is 1. The minimum absolute atomic E-state index is 0.110. The van der Waals surface area contributed by atoms with E-state index in [0.717, 1.165) is 0 Å². The summed E-state index contributed by atoms with van der Waals surface area (Å²) < 4.78 is 9.75. The molecule has 0 saturated heterocycles. The van der Waals surface area contributed by atoms with Crippen LogP contribution in [0.5, 0.6) is 0 Å². The van der Waals surface area contributed by atoms with Crippen molar-refractivity contribution in [1.29, 1.82) is 0 Å². The topological polar surface area (TPSA) is 85.7 Å². The standard InChI is InChI=1S/C8H11NO4/c1-12-4-5(9)6-2-3-7(13-6)8(10)11/h2-3,5H,4,9H2,1H3,(H,10,11)/t5-/m0/s1. The summed E-state index contributed by atoms with van der Waals surface area (Å²) in [5.41, 5.74) is 5.61. The second-order valence-corrected chi connectivity index (χ2v) is 2.57. The fourth-order valence-electron chi connectivity index (χ4n) is 0.929. The summed E-state index contributed by atoms with van der Waals surface area (Å²) in [7, 11) is 1.51. The van der Waals surface area contributed by atoms with Crippen LogP contribution in [0.1, 0.15) is 22.4 Å². The van der Waals surface area contributed by atoms with Gasteiger partial charge in [0.15, 0.2) is 0 Å². The van der Waals surface area contributed by atoms with E-state index in [0.29, 0.717) is 12.4 Å². The molecular weight excluding hydrogens is 174 g/mol. The van der Waals surface area contributed by atoms with Crippen molar-refractivity contribution in [2.24, 2.45) is 5.73 Å². The number of ether oxygens (including phenoxy) is 1. The Kier molecular flexibility index (Phi) is 3.05. The van der Waals surface area contributed by atoms with E-state index in [2.05, 4.69) is 0 Å². The lowest BCUT2D eigenvalue weighted by Gasteiger charge is -2.05. The third kappa shape index (κ3) is 2.30. The Balaban J connectivity index is 2.73. The quantitative estimate of drug-likeness (QED) is 0.718. The number of hydrogen-bond acceptors (Lipinski definition) is 4. The molecule has 1 rings (SSSR count). The van der Waals surface area contributed by atoms with Crippen molar-refractivity contribution in [2.75, 3.05) is 13.7 Å². The van der Waals surface area contributed by atoms with Crippen molar-refractivity contribution in [2.45, 2.75) is 6.04 Å². The molecule has 0 aliphatic heterocycles. The van der Waals surface area contributed by atoms with Gasteiger partial charge < -0.3 is 20.0 Å². The molecule has 0 aliphatic carbocycles. The molecule has 0 fully saturated rings. The third-order valence-electron chi connectivity index (χ3n) is 1.55. The minimum atomic E-state index is -1.10. The molecule has 0 radical (unpaired) electrons. The molecule has 0 aromatic carbocycles. The van der Waals surface area contributed by atoms with Gasteiger partial charge in [-0.15, -0.1) is 0 Å². The monoisotopic (exact) mass is 185 g/mol.